The average molecular weight is 250 g/mol. The van der Waals surface area contributed by atoms with E-state index in [0.717, 1.165) is 23.1 Å². The molecule has 0 bridgehead atoms. The number of hydrogen-bond donors (Lipinski definition) is 2. The standard InChI is InChI=1S/C14H19FN2O/c1-4-8(2)13(17-16)14-9(3)11-7-10(15)5-6-12(11)18-14/h5-8,13,17H,4,16H2,1-3H3. The molecule has 3 N–H and O–H groups in total. The molecule has 0 fully saturated rings. The molecule has 2 aromatic rings. The molecule has 0 amide bonds. The first-order valence-electron chi connectivity index (χ1n) is 6.23. The molecule has 2 atom stereocenters. The van der Waals surface area contributed by atoms with Crippen LogP contribution in [0, 0.1) is 18.7 Å². The molecule has 0 aliphatic heterocycles. The van der Waals surface area contributed by atoms with Crippen LogP contribution in [0.1, 0.15) is 37.6 Å². The number of hydrazine groups is 1. The molecule has 3 nitrogen and oxygen atoms in total. The van der Waals surface area contributed by atoms with Crippen LogP contribution in [0.25, 0.3) is 11.0 Å². The fourth-order valence-corrected chi connectivity index (χ4v) is 2.24. The molecule has 0 aliphatic rings. The van der Waals surface area contributed by atoms with Crippen molar-refractivity contribution in [2.75, 3.05) is 0 Å². The third-order valence-electron chi connectivity index (χ3n) is 3.61. The Balaban J connectivity index is 2.53. The lowest BCUT2D eigenvalue weighted by atomic mass is 9.95. The second kappa shape index (κ2) is 5.08. The van der Waals surface area contributed by atoms with Gasteiger partial charge in [-0.15, -0.1) is 0 Å². The van der Waals surface area contributed by atoms with Crippen molar-refractivity contribution < 1.29 is 8.81 Å². The number of nitrogens with one attached hydrogen (secondary N) is 1. The third kappa shape index (κ3) is 2.13. The van der Waals surface area contributed by atoms with Crippen LogP contribution in [0.3, 0.4) is 0 Å². The van der Waals surface area contributed by atoms with Gasteiger partial charge in [-0.3, -0.25) is 5.84 Å². The predicted molar refractivity (Wildman–Crippen MR) is 70.4 cm³/mol. The van der Waals surface area contributed by atoms with Crippen LogP contribution in [-0.2, 0) is 0 Å². The molecule has 1 heterocycles. The SMILES string of the molecule is CCC(C)C(NN)c1oc2ccc(F)cc2c1C. The van der Waals surface area contributed by atoms with Gasteiger partial charge in [0.25, 0.3) is 0 Å². The van der Waals surface area contributed by atoms with Gasteiger partial charge in [0, 0.05) is 10.9 Å². The molecule has 0 aliphatic carbocycles. The third-order valence-corrected chi connectivity index (χ3v) is 3.61. The van der Waals surface area contributed by atoms with Crippen LogP contribution in [0.15, 0.2) is 22.6 Å². The van der Waals surface area contributed by atoms with Crippen molar-refractivity contribution in [3.63, 3.8) is 0 Å². The zero-order chi connectivity index (χ0) is 13.3. The molecule has 1 aromatic carbocycles. The molecule has 0 radical (unpaired) electrons. The molecule has 1 aromatic heterocycles. The molecule has 0 saturated carbocycles. The highest BCUT2D eigenvalue weighted by molar-refractivity contribution is 5.82. The zero-order valence-electron chi connectivity index (χ0n) is 11.0. The average Bonchev–Trinajstić information content (AvgIpc) is 2.68. The van der Waals surface area contributed by atoms with Crippen molar-refractivity contribution in [2.24, 2.45) is 11.8 Å². The van der Waals surface area contributed by atoms with E-state index in [1.165, 1.54) is 12.1 Å². The Morgan fingerprint density at radius 2 is 2.17 bits per heavy atom. The highest BCUT2D eigenvalue weighted by atomic mass is 19.1. The first-order chi connectivity index (χ1) is 8.58. The molecule has 4 heteroatoms. The van der Waals surface area contributed by atoms with E-state index in [4.69, 9.17) is 10.3 Å². The fourth-order valence-electron chi connectivity index (χ4n) is 2.24. The maximum absolute atomic E-state index is 13.3. The number of rotatable bonds is 4. The summed E-state index contributed by atoms with van der Waals surface area (Å²) in [6.45, 7) is 6.15. The van der Waals surface area contributed by atoms with Gasteiger partial charge >= 0.3 is 0 Å². The monoisotopic (exact) mass is 250 g/mol. The lowest BCUT2D eigenvalue weighted by Crippen LogP contribution is -2.32. The normalized spacial score (nSPS) is 14.9. The summed E-state index contributed by atoms with van der Waals surface area (Å²) in [4.78, 5) is 0. The van der Waals surface area contributed by atoms with Crippen LogP contribution in [0.5, 0.6) is 0 Å². The van der Waals surface area contributed by atoms with Crippen molar-refractivity contribution in [1.29, 1.82) is 0 Å². The van der Waals surface area contributed by atoms with Gasteiger partial charge in [0.1, 0.15) is 17.2 Å². The minimum Gasteiger partial charge on any atom is -0.459 e. The van der Waals surface area contributed by atoms with Crippen molar-refractivity contribution >= 4 is 11.0 Å². The molecule has 0 saturated heterocycles. The van der Waals surface area contributed by atoms with Gasteiger partial charge in [-0.05, 0) is 31.0 Å². The van der Waals surface area contributed by atoms with Crippen LogP contribution in [-0.4, -0.2) is 0 Å². The lowest BCUT2D eigenvalue weighted by molar-refractivity contribution is 0.328. The Morgan fingerprint density at radius 1 is 1.44 bits per heavy atom. The summed E-state index contributed by atoms with van der Waals surface area (Å²) in [6.07, 6.45) is 0.986. The maximum Gasteiger partial charge on any atom is 0.134 e. The predicted octanol–water partition coefficient (Wildman–Crippen LogP) is 3.43. The Bertz CT molecular complexity index is 550. The quantitative estimate of drug-likeness (QED) is 0.645. The van der Waals surface area contributed by atoms with E-state index in [2.05, 4.69) is 19.3 Å². The highest BCUT2D eigenvalue weighted by Gasteiger charge is 2.23. The first-order valence-corrected chi connectivity index (χ1v) is 6.23. The Hall–Kier alpha value is -1.39. The minimum absolute atomic E-state index is 0.0505. The van der Waals surface area contributed by atoms with E-state index in [-0.39, 0.29) is 11.9 Å². The van der Waals surface area contributed by atoms with Crippen molar-refractivity contribution in [1.82, 2.24) is 5.43 Å². The van der Waals surface area contributed by atoms with Gasteiger partial charge in [0.05, 0.1) is 6.04 Å². The summed E-state index contributed by atoms with van der Waals surface area (Å²) < 4.78 is 19.1. The van der Waals surface area contributed by atoms with Crippen LogP contribution >= 0.6 is 0 Å². The van der Waals surface area contributed by atoms with Crippen molar-refractivity contribution in [2.45, 2.75) is 33.2 Å². The van der Waals surface area contributed by atoms with E-state index in [9.17, 15) is 4.39 Å². The minimum atomic E-state index is -0.251. The molecular formula is C14H19FN2O. The number of fused-ring (bicyclic) bond motifs is 1. The Kier molecular flexibility index (Phi) is 3.68. The van der Waals surface area contributed by atoms with Gasteiger partial charge in [-0.25, -0.2) is 9.82 Å². The summed E-state index contributed by atoms with van der Waals surface area (Å²) in [5.74, 6) is 6.51. The van der Waals surface area contributed by atoms with E-state index in [1.54, 1.807) is 6.07 Å². The molecule has 2 rings (SSSR count). The van der Waals surface area contributed by atoms with Gasteiger partial charge in [0.2, 0.25) is 0 Å². The molecule has 98 valence electrons. The summed E-state index contributed by atoms with van der Waals surface area (Å²) in [7, 11) is 0. The Morgan fingerprint density at radius 3 is 2.78 bits per heavy atom. The number of aryl methyl sites for hydroxylation is 1. The second-order valence-electron chi connectivity index (χ2n) is 4.76. The van der Waals surface area contributed by atoms with Gasteiger partial charge < -0.3 is 4.42 Å². The van der Waals surface area contributed by atoms with Gasteiger partial charge in [-0.2, -0.15) is 0 Å². The lowest BCUT2D eigenvalue weighted by Gasteiger charge is -2.20. The number of hydrogen-bond acceptors (Lipinski definition) is 3. The van der Waals surface area contributed by atoms with Crippen molar-refractivity contribution in [3.8, 4) is 0 Å². The number of nitrogens with two attached hydrogens (primary N) is 1. The number of halogens is 1. The van der Waals surface area contributed by atoms with Crippen molar-refractivity contribution in [3.05, 3.63) is 35.3 Å². The second-order valence-corrected chi connectivity index (χ2v) is 4.76. The van der Waals surface area contributed by atoms with Crippen LogP contribution in [0.2, 0.25) is 0 Å². The zero-order valence-corrected chi connectivity index (χ0v) is 11.0. The summed E-state index contributed by atoms with van der Waals surface area (Å²) >= 11 is 0. The first kappa shape index (κ1) is 13.1. The summed E-state index contributed by atoms with van der Waals surface area (Å²) in [6, 6.07) is 4.52. The molecule has 2 unspecified atom stereocenters. The van der Waals surface area contributed by atoms with E-state index >= 15 is 0 Å². The summed E-state index contributed by atoms with van der Waals surface area (Å²) in [5, 5.41) is 0.813. The Labute approximate surface area is 106 Å². The van der Waals surface area contributed by atoms with Crippen LogP contribution in [0.4, 0.5) is 4.39 Å². The molecular weight excluding hydrogens is 231 g/mol. The maximum atomic E-state index is 13.3. The largest absolute Gasteiger partial charge is 0.459 e. The number of benzene rings is 1. The van der Waals surface area contributed by atoms with Crippen LogP contribution < -0.4 is 11.3 Å². The smallest absolute Gasteiger partial charge is 0.134 e. The topological polar surface area (TPSA) is 51.2 Å². The van der Waals surface area contributed by atoms with E-state index in [0.29, 0.717) is 11.5 Å². The van der Waals surface area contributed by atoms with Gasteiger partial charge in [-0.1, -0.05) is 20.3 Å². The number of furan rings is 1. The van der Waals surface area contributed by atoms with Gasteiger partial charge in [0.15, 0.2) is 0 Å². The van der Waals surface area contributed by atoms with E-state index < -0.39 is 0 Å². The molecule has 18 heavy (non-hydrogen) atoms. The molecule has 0 spiro atoms. The highest BCUT2D eigenvalue weighted by Crippen LogP contribution is 2.33. The summed E-state index contributed by atoms with van der Waals surface area (Å²) in [5.41, 5.74) is 4.45. The van der Waals surface area contributed by atoms with E-state index in [1.807, 2.05) is 6.92 Å². The fraction of sp³-hybridized carbons (Fsp3) is 0.429.